The van der Waals surface area contributed by atoms with E-state index in [-0.39, 0.29) is 30.6 Å². The van der Waals surface area contributed by atoms with Crippen LogP contribution in [0.5, 0.6) is 0 Å². The maximum atomic E-state index is 13.4. The van der Waals surface area contributed by atoms with Crippen molar-refractivity contribution in [2.45, 2.75) is 57.5 Å². The van der Waals surface area contributed by atoms with Crippen molar-refractivity contribution in [2.24, 2.45) is 11.8 Å². The largest absolute Gasteiger partial charge is 0.447 e. The molecular formula is C25H31F3N2O3. The number of amides is 1. The summed E-state index contributed by atoms with van der Waals surface area (Å²) in [6.07, 6.45) is 4.98. The Balaban J connectivity index is 1.57. The third-order valence-electron chi connectivity index (χ3n) is 6.91. The van der Waals surface area contributed by atoms with E-state index in [2.05, 4.69) is 17.5 Å². The highest BCUT2D eigenvalue weighted by molar-refractivity contribution is 5.67. The molecule has 2 aliphatic heterocycles. The summed E-state index contributed by atoms with van der Waals surface area (Å²) in [6.45, 7) is 4.96. The number of carbonyl (C=O) groups is 1. The zero-order chi connectivity index (χ0) is 23.6. The average molecular weight is 465 g/mol. The fourth-order valence-corrected chi connectivity index (χ4v) is 5.12. The first-order valence-corrected chi connectivity index (χ1v) is 11.7. The molecule has 0 radical (unpaired) electrons. The second-order valence-corrected chi connectivity index (χ2v) is 8.85. The monoisotopic (exact) mass is 464 g/mol. The molecule has 0 saturated carbocycles. The van der Waals surface area contributed by atoms with E-state index in [1.165, 1.54) is 12.1 Å². The summed E-state index contributed by atoms with van der Waals surface area (Å²) >= 11 is 0. The molecule has 1 saturated heterocycles. The maximum Gasteiger partial charge on any atom is 0.416 e. The Hall–Kier alpha value is -2.48. The molecule has 3 aliphatic rings. The molecule has 4 rings (SSSR count). The molecule has 180 valence electrons. The number of alkyl halides is 3. The molecule has 0 bridgehead atoms. The molecule has 8 heteroatoms. The van der Waals surface area contributed by atoms with E-state index in [9.17, 15) is 18.0 Å². The topological polar surface area (TPSA) is 50.8 Å². The Morgan fingerprint density at radius 3 is 2.67 bits per heavy atom. The molecular weight excluding hydrogens is 433 g/mol. The van der Waals surface area contributed by atoms with Crippen molar-refractivity contribution in [3.63, 3.8) is 0 Å². The standard InChI is InChI=1S/C25H31F3N2O3/c1-3-30(4-2)24(31)32-15-18-11-12-19-22(16-8-6-5-7-9-16)29-21-13-10-17(25(26,27)28)14-20(21)23(19)33-18/h5-8,10,13-14,16,18-19,22-23,29H,3-4,9,11-12,15H2,1-2H3/t16?,18-,19+,22+,23+/m1/s1. The molecule has 1 aromatic rings. The molecule has 0 spiro atoms. The van der Waals surface area contributed by atoms with Gasteiger partial charge in [0.1, 0.15) is 6.61 Å². The Bertz CT molecular complexity index is 911. The molecule has 1 aliphatic carbocycles. The molecule has 1 unspecified atom stereocenters. The molecule has 1 N–H and O–H groups in total. The minimum atomic E-state index is -4.42. The summed E-state index contributed by atoms with van der Waals surface area (Å²) in [5.41, 5.74) is 0.526. The number of benzene rings is 1. The number of allylic oxidation sites excluding steroid dienone is 3. The van der Waals surface area contributed by atoms with E-state index in [0.29, 0.717) is 30.8 Å². The number of nitrogens with one attached hydrogen (secondary N) is 1. The predicted octanol–water partition coefficient (Wildman–Crippen LogP) is 5.95. The van der Waals surface area contributed by atoms with Crippen LogP contribution in [0.15, 0.2) is 42.5 Å². The zero-order valence-corrected chi connectivity index (χ0v) is 19.0. The smallest absolute Gasteiger partial charge is 0.416 e. The minimum absolute atomic E-state index is 0.0249. The van der Waals surface area contributed by atoms with Crippen molar-refractivity contribution < 1.29 is 27.4 Å². The van der Waals surface area contributed by atoms with E-state index in [0.717, 1.165) is 18.9 Å². The number of anilines is 1. The molecule has 1 aromatic carbocycles. The van der Waals surface area contributed by atoms with Gasteiger partial charge in [-0.1, -0.05) is 24.3 Å². The van der Waals surface area contributed by atoms with Crippen LogP contribution in [0.1, 0.15) is 50.3 Å². The van der Waals surface area contributed by atoms with Gasteiger partial charge in [-0.15, -0.1) is 0 Å². The third-order valence-corrected chi connectivity index (χ3v) is 6.91. The number of ether oxygens (including phenoxy) is 2. The molecule has 5 nitrogen and oxygen atoms in total. The highest BCUT2D eigenvalue weighted by Crippen LogP contribution is 2.49. The molecule has 1 amide bonds. The lowest BCUT2D eigenvalue weighted by Gasteiger charge is -2.47. The van der Waals surface area contributed by atoms with Gasteiger partial charge in [0.15, 0.2) is 0 Å². The van der Waals surface area contributed by atoms with Gasteiger partial charge in [-0.05, 0) is 51.3 Å². The third kappa shape index (κ3) is 5.05. The lowest BCUT2D eigenvalue weighted by atomic mass is 9.73. The summed E-state index contributed by atoms with van der Waals surface area (Å²) in [6, 6.07) is 3.89. The minimum Gasteiger partial charge on any atom is -0.447 e. The normalized spacial score (nSPS) is 28.5. The van der Waals surface area contributed by atoms with E-state index in [4.69, 9.17) is 9.47 Å². The van der Waals surface area contributed by atoms with Gasteiger partial charge in [0.2, 0.25) is 0 Å². The summed E-state index contributed by atoms with van der Waals surface area (Å²) in [5.74, 6) is 0.260. The van der Waals surface area contributed by atoms with Crippen LogP contribution in [0.4, 0.5) is 23.7 Å². The summed E-state index contributed by atoms with van der Waals surface area (Å²) in [7, 11) is 0. The van der Waals surface area contributed by atoms with Crippen LogP contribution in [-0.2, 0) is 15.7 Å². The van der Waals surface area contributed by atoms with Gasteiger partial charge >= 0.3 is 12.3 Å². The lowest BCUT2D eigenvalue weighted by Crippen LogP contribution is -2.47. The summed E-state index contributed by atoms with van der Waals surface area (Å²) in [5, 5.41) is 3.52. The Morgan fingerprint density at radius 1 is 1.21 bits per heavy atom. The zero-order valence-electron chi connectivity index (χ0n) is 19.0. The number of hydrogen-bond donors (Lipinski definition) is 1. The van der Waals surface area contributed by atoms with Crippen LogP contribution < -0.4 is 5.32 Å². The second-order valence-electron chi connectivity index (χ2n) is 8.85. The summed E-state index contributed by atoms with van der Waals surface area (Å²) in [4.78, 5) is 13.8. The van der Waals surface area contributed by atoms with Gasteiger partial charge in [0.05, 0.1) is 17.8 Å². The first-order valence-electron chi connectivity index (χ1n) is 11.7. The van der Waals surface area contributed by atoms with Crippen molar-refractivity contribution in [2.75, 3.05) is 25.0 Å². The van der Waals surface area contributed by atoms with E-state index >= 15 is 0 Å². The van der Waals surface area contributed by atoms with Crippen LogP contribution in [0, 0.1) is 11.8 Å². The number of halogens is 3. The van der Waals surface area contributed by atoms with Crippen molar-refractivity contribution in [1.29, 1.82) is 0 Å². The predicted molar refractivity (Wildman–Crippen MR) is 120 cm³/mol. The number of nitrogens with zero attached hydrogens (tertiary/aromatic N) is 1. The number of rotatable bonds is 5. The number of carbonyl (C=O) groups excluding carboxylic acids is 1. The highest BCUT2D eigenvalue weighted by atomic mass is 19.4. The van der Waals surface area contributed by atoms with E-state index < -0.39 is 23.9 Å². The first-order chi connectivity index (χ1) is 15.8. The van der Waals surface area contributed by atoms with Gasteiger partial charge < -0.3 is 19.7 Å². The van der Waals surface area contributed by atoms with Gasteiger partial charge in [0, 0.05) is 42.2 Å². The van der Waals surface area contributed by atoms with Crippen molar-refractivity contribution in [3.05, 3.63) is 53.6 Å². The quantitative estimate of drug-likeness (QED) is 0.585. The van der Waals surface area contributed by atoms with Crippen LogP contribution >= 0.6 is 0 Å². The second kappa shape index (κ2) is 9.79. The van der Waals surface area contributed by atoms with Crippen LogP contribution in [0.25, 0.3) is 0 Å². The Labute approximate surface area is 192 Å². The van der Waals surface area contributed by atoms with Crippen LogP contribution in [0.2, 0.25) is 0 Å². The Kier molecular flexibility index (Phi) is 7.02. The molecule has 2 heterocycles. The van der Waals surface area contributed by atoms with Gasteiger partial charge in [-0.2, -0.15) is 13.2 Å². The van der Waals surface area contributed by atoms with Crippen LogP contribution in [-0.4, -0.2) is 42.8 Å². The fraction of sp³-hybridized carbons (Fsp3) is 0.560. The molecule has 1 fully saturated rings. The highest BCUT2D eigenvalue weighted by Gasteiger charge is 2.45. The lowest BCUT2D eigenvalue weighted by molar-refractivity contribution is -0.138. The van der Waals surface area contributed by atoms with Gasteiger partial charge in [-0.3, -0.25) is 0 Å². The SMILES string of the molecule is CCN(CC)C(=O)OC[C@H]1CC[C@@H]2[C@H](O1)c1cc(C(F)(F)F)ccc1N[C@H]2C1C=CC=CC1. The molecule has 5 atom stereocenters. The average Bonchev–Trinajstić information content (AvgIpc) is 2.82. The number of hydrogen-bond acceptors (Lipinski definition) is 4. The fourth-order valence-electron chi connectivity index (χ4n) is 5.12. The van der Waals surface area contributed by atoms with E-state index in [1.54, 1.807) is 4.90 Å². The number of fused-ring (bicyclic) bond motifs is 3. The van der Waals surface area contributed by atoms with Gasteiger partial charge in [0.25, 0.3) is 0 Å². The Morgan fingerprint density at radius 2 is 2.00 bits per heavy atom. The van der Waals surface area contributed by atoms with Gasteiger partial charge in [-0.25, -0.2) is 4.79 Å². The molecule has 0 aromatic heterocycles. The van der Waals surface area contributed by atoms with Crippen molar-refractivity contribution in [1.82, 2.24) is 4.90 Å². The summed E-state index contributed by atoms with van der Waals surface area (Å²) < 4.78 is 52.1. The van der Waals surface area contributed by atoms with E-state index in [1.807, 2.05) is 26.0 Å². The molecule has 33 heavy (non-hydrogen) atoms. The van der Waals surface area contributed by atoms with Crippen LogP contribution in [0.3, 0.4) is 0 Å². The van der Waals surface area contributed by atoms with Crippen molar-refractivity contribution >= 4 is 11.8 Å². The van der Waals surface area contributed by atoms with Crippen molar-refractivity contribution in [3.8, 4) is 0 Å². The first kappa shape index (κ1) is 23.7. The maximum absolute atomic E-state index is 13.4.